The smallest absolute Gasteiger partial charge is 0.416 e. The van der Waals surface area contributed by atoms with Gasteiger partial charge in [-0.05, 0) is 32.0 Å². The van der Waals surface area contributed by atoms with Gasteiger partial charge in [0.15, 0.2) is 0 Å². The molecule has 8 heteroatoms. The van der Waals surface area contributed by atoms with Gasteiger partial charge >= 0.3 is 18.1 Å². The first-order chi connectivity index (χ1) is 11.0. The Morgan fingerprint density at radius 2 is 1.92 bits per heavy atom. The Kier molecular flexibility index (Phi) is 4.63. The fourth-order valence-electron chi connectivity index (χ4n) is 3.37. The summed E-state index contributed by atoms with van der Waals surface area (Å²) in [6.07, 6.45) is -4.76. The van der Waals surface area contributed by atoms with Crippen molar-refractivity contribution < 1.29 is 32.6 Å². The van der Waals surface area contributed by atoms with Crippen LogP contribution >= 0.6 is 0 Å². The third-order valence-electron chi connectivity index (χ3n) is 4.72. The number of likely N-dealkylation sites (tertiary alicyclic amines) is 1. The molecular weight excluding hydrogens is 327 g/mol. The van der Waals surface area contributed by atoms with Crippen LogP contribution in [0.5, 0.6) is 0 Å². The quantitative estimate of drug-likeness (QED) is 0.853. The van der Waals surface area contributed by atoms with E-state index in [2.05, 4.69) is 0 Å². The molecule has 132 valence electrons. The van der Waals surface area contributed by atoms with Gasteiger partial charge in [0.1, 0.15) is 5.54 Å². The molecule has 0 bridgehead atoms. The molecule has 0 unspecified atom stereocenters. The third-order valence-corrected chi connectivity index (χ3v) is 4.72. The predicted octanol–water partition coefficient (Wildman–Crippen LogP) is 2.71. The van der Waals surface area contributed by atoms with Crippen LogP contribution in [0.15, 0.2) is 24.3 Å². The number of likely N-dealkylation sites (N-methyl/N-ethyl adjacent to an activating group) is 1. The van der Waals surface area contributed by atoms with Crippen LogP contribution in [0.2, 0.25) is 0 Å². The van der Waals surface area contributed by atoms with Crippen LogP contribution in [0.4, 0.5) is 13.2 Å². The molecule has 0 amide bonds. The third kappa shape index (κ3) is 2.86. The monoisotopic (exact) mass is 345 g/mol. The highest BCUT2D eigenvalue weighted by Crippen LogP contribution is 2.49. The predicted molar refractivity (Wildman–Crippen MR) is 78.1 cm³/mol. The van der Waals surface area contributed by atoms with E-state index in [9.17, 15) is 27.9 Å². The van der Waals surface area contributed by atoms with Crippen molar-refractivity contribution in [3.63, 3.8) is 0 Å². The van der Waals surface area contributed by atoms with Crippen molar-refractivity contribution in [3.8, 4) is 0 Å². The Hall–Kier alpha value is -2.09. The van der Waals surface area contributed by atoms with Gasteiger partial charge in [-0.2, -0.15) is 13.2 Å². The summed E-state index contributed by atoms with van der Waals surface area (Å²) in [4.78, 5) is 25.1. The van der Waals surface area contributed by atoms with Crippen LogP contribution in [0, 0.1) is 5.92 Å². The van der Waals surface area contributed by atoms with Crippen molar-refractivity contribution in [1.29, 1.82) is 0 Å². The Balaban J connectivity index is 2.60. The van der Waals surface area contributed by atoms with Gasteiger partial charge < -0.3 is 9.84 Å². The number of carboxylic acids is 1. The maximum Gasteiger partial charge on any atom is 0.416 e. The minimum absolute atomic E-state index is 0.137. The molecule has 0 aromatic heterocycles. The zero-order chi connectivity index (χ0) is 18.3. The van der Waals surface area contributed by atoms with Crippen molar-refractivity contribution in [2.45, 2.75) is 31.1 Å². The van der Waals surface area contributed by atoms with E-state index in [-0.39, 0.29) is 12.0 Å². The molecule has 1 heterocycles. The molecular formula is C16H18F3NO4. The van der Waals surface area contributed by atoms with Gasteiger partial charge in [0, 0.05) is 6.04 Å². The number of carboxylic acid groups (broad SMARTS) is 1. The first-order valence-corrected chi connectivity index (χ1v) is 7.24. The number of nitrogens with zero attached hydrogens (tertiary/aromatic N) is 1. The summed E-state index contributed by atoms with van der Waals surface area (Å²) in [5.41, 5.74) is -2.38. The average Bonchev–Trinajstić information content (AvgIpc) is 2.79. The standard InChI is InChI=1S/C16H18F3NO4/c1-15(14(23)24-3)8-10(13(21)22)12(20(15)2)9-6-4-5-7-11(9)16(17,18)19/h4-7,10,12H,8H2,1-3H3,(H,21,22)/t10-,12-,15+/m0/s1. The molecule has 2 rings (SSSR count). The van der Waals surface area contributed by atoms with Crippen LogP contribution in [-0.4, -0.2) is 41.6 Å². The molecule has 1 aliphatic rings. The number of esters is 1. The number of ether oxygens (including phenoxy) is 1. The second-order valence-corrected chi connectivity index (χ2v) is 6.06. The van der Waals surface area contributed by atoms with Gasteiger partial charge in [-0.15, -0.1) is 0 Å². The first-order valence-electron chi connectivity index (χ1n) is 7.24. The molecule has 1 saturated heterocycles. The van der Waals surface area contributed by atoms with E-state index in [1.807, 2.05) is 0 Å². The van der Waals surface area contributed by atoms with Crippen LogP contribution < -0.4 is 0 Å². The maximum atomic E-state index is 13.3. The van der Waals surface area contributed by atoms with Crippen molar-refractivity contribution in [2.24, 2.45) is 5.92 Å². The number of halogens is 3. The maximum absolute atomic E-state index is 13.3. The number of alkyl halides is 3. The van der Waals surface area contributed by atoms with E-state index in [4.69, 9.17) is 4.74 Å². The number of methoxy groups -OCH3 is 1. The molecule has 1 aliphatic heterocycles. The molecule has 0 radical (unpaired) electrons. The summed E-state index contributed by atoms with van der Waals surface area (Å²) in [7, 11) is 2.60. The zero-order valence-corrected chi connectivity index (χ0v) is 13.4. The Labute approximate surface area is 137 Å². The number of benzene rings is 1. The van der Waals surface area contributed by atoms with Crippen LogP contribution in [0.25, 0.3) is 0 Å². The number of hydrogen-bond acceptors (Lipinski definition) is 4. The fraction of sp³-hybridized carbons (Fsp3) is 0.500. The summed E-state index contributed by atoms with van der Waals surface area (Å²) in [6.45, 7) is 1.48. The van der Waals surface area contributed by atoms with E-state index < -0.39 is 41.2 Å². The Morgan fingerprint density at radius 3 is 2.42 bits per heavy atom. The highest BCUT2D eigenvalue weighted by molar-refractivity contribution is 5.83. The summed E-state index contributed by atoms with van der Waals surface area (Å²) < 4.78 is 44.7. The highest BCUT2D eigenvalue weighted by Gasteiger charge is 2.56. The Morgan fingerprint density at radius 1 is 1.33 bits per heavy atom. The minimum Gasteiger partial charge on any atom is -0.481 e. The number of rotatable bonds is 3. The van der Waals surface area contributed by atoms with Crippen LogP contribution in [0.1, 0.15) is 30.5 Å². The normalized spacial score (nSPS) is 27.9. The lowest BCUT2D eigenvalue weighted by Crippen LogP contribution is -2.47. The topological polar surface area (TPSA) is 66.8 Å². The molecule has 24 heavy (non-hydrogen) atoms. The summed E-state index contributed by atoms with van der Waals surface area (Å²) >= 11 is 0. The molecule has 1 aromatic rings. The SMILES string of the molecule is COC(=O)[C@@]1(C)C[C@H](C(=O)O)[C@H](c2ccccc2C(F)(F)F)N1C. The molecule has 0 saturated carbocycles. The van der Waals surface area contributed by atoms with Crippen molar-refractivity contribution >= 4 is 11.9 Å². The van der Waals surface area contributed by atoms with Gasteiger partial charge in [0.2, 0.25) is 0 Å². The second-order valence-electron chi connectivity index (χ2n) is 6.06. The first kappa shape index (κ1) is 18.3. The lowest BCUT2D eigenvalue weighted by molar-refractivity contribution is -0.152. The van der Waals surface area contributed by atoms with Gasteiger partial charge in [-0.3, -0.25) is 14.5 Å². The molecule has 1 aromatic carbocycles. The number of carbonyl (C=O) groups is 2. The number of carbonyl (C=O) groups excluding carboxylic acids is 1. The second kappa shape index (κ2) is 6.08. The molecule has 5 nitrogen and oxygen atoms in total. The van der Waals surface area contributed by atoms with Crippen molar-refractivity contribution in [2.75, 3.05) is 14.2 Å². The van der Waals surface area contributed by atoms with E-state index >= 15 is 0 Å². The van der Waals surface area contributed by atoms with Crippen molar-refractivity contribution in [1.82, 2.24) is 4.90 Å². The van der Waals surface area contributed by atoms with Crippen molar-refractivity contribution in [3.05, 3.63) is 35.4 Å². The lowest BCUT2D eigenvalue weighted by atomic mass is 9.88. The van der Waals surface area contributed by atoms with Gasteiger partial charge in [-0.25, -0.2) is 0 Å². The van der Waals surface area contributed by atoms with E-state index in [1.54, 1.807) is 0 Å². The number of aliphatic carboxylic acids is 1. The van der Waals surface area contributed by atoms with Crippen LogP contribution in [0.3, 0.4) is 0 Å². The molecule has 1 N–H and O–H groups in total. The molecule has 0 spiro atoms. The largest absolute Gasteiger partial charge is 0.481 e. The molecule has 0 aliphatic carbocycles. The summed E-state index contributed by atoms with van der Waals surface area (Å²) in [6, 6.07) is 3.74. The van der Waals surface area contributed by atoms with E-state index in [0.29, 0.717) is 0 Å². The van der Waals surface area contributed by atoms with E-state index in [1.165, 1.54) is 37.1 Å². The summed E-state index contributed by atoms with van der Waals surface area (Å²) in [5.74, 6) is -3.10. The molecule has 1 fully saturated rings. The number of hydrogen-bond donors (Lipinski definition) is 1. The van der Waals surface area contributed by atoms with Gasteiger partial charge in [0.25, 0.3) is 0 Å². The zero-order valence-electron chi connectivity index (χ0n) is 13.4. The van der Waals surface area contributed by atoms with E-state index in [0.717, 1.165) is 13.2 Å². The lowest BCUT2D eigenvalue weighted by Gasteiger charge is -2.33. The average molecular weight is 345 g/mol. The Bertz CT molecular complexity index is 661. The fourth-order valence-corrected chi connectivity index (χ4v) is 3.37. The summed E-state index contributed by atoms with van der Waals surface area (Å²) in [5, 5.41) is 9.48. The van der Waals surface area contributed by atoms with Gasteiger partial charge in [0.05, 0.1) is 18.6 Å². The molecule has 3 atom stereocenters. The minimum atomic E-state index is -4.62. The van der Waals surface area contributed by atoms with Gasteiger partial charge in [-0.1, -0.05) is 18.2 Å². The highest BCUT2D eigenvalue weighted by atomic mass is 19.4. The van der Waals surface area contributed by atoms with Crippen LogP contribution in [-0.2, 0) is 20.5 Å².